The van der Waals surface area contributed by atoms with Crippen molar-refractivity contribution in [3.63, 3.8) is 0 Å². The molecule has 0 radical (unpaired) electrons. The molecule has 1 unspecified atom stereocenters. The Morgan fingerprint density at radius 3 is 2.73 bits per heavy atom. The van der Waals surface area contributed by atoms with Crippen molar-refractivity contribution in [1.29, 1.82) is 0 Å². The first-order chi connectivity index (χ1) is 5.11. The van der Waals surface area contributed by atoms with Crippen molar-refractivity contribution in [2.75, 3.05) is 0 Å². The standard InChI is InChI=1S/C3H4N4O3S/c4-2(8)3-5-1-7(6-3)11(9)10/h1H,(H2,4,8)(H,9,10)/p-1. The minimum atomic E-state index is -2.54. The molecule has 1 rings (SSSR count). The summed E-state index contributed by atoms with van der Waals surface area (Å²) in [7, 11) is 0. The van der Waals surface area contributed by atoms with Crippen LogP contribution in [-0.2, 0) is 11.3 Å². The number of rotatable bonds is 2. The third-order valence-electron chi connectivity index (χ3n) is 0.845. The van der Waals surface area contributed by atoms with Crippen LogP contribution in [0.2, 0.25) is 0 Å². The molecule has 0 bridgehead atoms. The third-order valence-corrected chi connectivity index (χ3v) is 1.33. The molecule has 0 aliphatic heterocycles. The zero-order valence-corrected chi connectivity index (χ0v) is 5.95. The number of hydrogen-bond donors (Lipinski definition) is 1. The van der Waals surface area contributed by atoms with E-state index in [0.29, 0.717) is 4.09 Å². The summed E-state index contributed by atoms with van der Waals surface area (Å²) in [6.45, 7) is 0. The van der Waals surface area contributed by atoms with Crippen molar-refractivity contribution in [2.24, 2.45) is 5.73 Å². The SMILES string of the molecule is NC(=O)c1ncn(S(=O)[O-])n1. The summed E-state index contributed by atoms with van der Waals surface area (Å²) in [6, 6.07) is 0. The molecule has 1 aromatic heterocycles. The average Bonchev–Trinajstić information content (AvgIpc) is 2.33. The van der Waals surface area contributed by atoms with Crippen molar-refractivity contribution in [2.45, 2.75) is 0 Å². The summed E-state index contributed by atoms with van der Waals surface area (Å²) in [4.78, 5) is 13.6. The van der Waals surface area contributed by atoms with Crippen molar-refractivity contribution in [1.82, 2.24) is 14.2 Å². The Labute approximate surface area is 63.6 Å². The normalized spacial score (nSPS) is 12.8. The van der Waals surface area contributed by atoms with Crippen LogP contribution in [-0.4, -0.2) is 28.8 Å². The van der Waals surface area contributed by atoms with Crippen molar-refractivity contribution >= 4 is 17.2 Å². The molecule has 0 aliphatic rings. The molecule has 1 heterocycles. The van der Waals surface area contributed by atoms with Crippen LogP contribution in [0.3, 0.4) is 0 Å². The van der Waals surface area contributed by atoms with E-state index in [1.54, 1.807) is 0 Å². The number of hydrogen-bond acceptors (Lipinski definition) is 5. The van der Waals surface area contributed by atoms with E-state index in [0.717, 1.165) is 6.33 Å². The van der Waals surface area contributed by atoms with Gasteiger partial charge < -0.3 is 10.3 Å². The maximum atomic E-state index is 10.3. The molecule has 8 heteroatoms. The van der Waals surface area contributed by atoms with Gasteiger partial charge in [0.15, 0.2) is 0 Å². The monoisotopic (exact) mass is 175 g/mol. The van der Waals surface area contributed by atoms with Crippen LogP contribution in [0.5, 0.6) is 0 Å². The Morgan fingerprint density at radius 1 is 1.82 bits per heavy atom. The largest absolute Gasteiger partial charge is 0.754 e. The Kier molecular flexibility index (Phi) is 1.96. The summed E-state index contributed by atoms with van der Waals surface area (Å²) in [5.41, 5.74) is 4.75. The quantitative estimate of drug-likeness (QED) is 0.523. The summed E-state index contributed by atoms with van der Waals surface area (Å²) >= 11 is -2.54. The van der Waals surface area contributed by atoms with E-state index in [1.807, 2.05) is 0 Å². The summed E-state index contributed by atoms with van der Waals surface area (Å²) in [5.74, 6) is -1.19. The fourth-order valence-corrected chi connectivity index (χ4v) is 0.702. The second-order valence-electron chi connectivity index (χ2n) is 1.55. The second kappa shape index (κ2) is 2.76. The van der Waals surface area contributed by atoms with Gasteiger partial charge in [-0.3, -0.25) is 9.00 Å². The minimum Gasteiger partial charge on any atom is -0.754 e. The number of nitrogens with zero attached hydrogens (tertiary/aromatic N) is 3. The molecule has 1 aromatic rings. The highest BCUT2D eigenvalue weighted by Crippen LogP contribution is 1.88. The van der Waals surface area contributed by atoms with Gasteiger partial charge in [-0.15, -0.1) is 5.10 Å². The maximum Gasteiger partial charge on any atom is 0.288 e. The first-order valence-electron chi connectivity index (χ1n) is 2.42. The molecule has 0 aromatic carbocycles. The van der Waals surface area contributed by atoms with Crippen LogP contribution >= 0.6 is 0 Å². The number of primary amides is 1. The summed E-state index contributed by atoms with van der Waals surface area (Å²) in [6.07, 6.45) is 0.878. The molecule has 0 saturated heterocycles. The highest BCUT2D eigenvalue weighted by molar-refractivity contribution is 7.77. The van der Waals surface area contributed by atoms with E-state index in [4.69, 9.17) is 5.73 Å². The third kappa shape index (κ3) is 1.59. The van der Waals surface area contributed by atoms with E-state index < -0.39 is 17.2 Å². The zero-order chi connectivity index (χ0) is 8.43. The smallest absolute Gasteiger partial charge is 0.288 e. The molecule has 11 heavy (non-hydrogen) atoms. The lowest BCUT2D eigenvalue weighted by Crippen LogP contribution is -2.14. The van der Waals surface area contributed by atoms with Crippen molar-refractivity contribution in [3.05, 3.63) is 12.2 Å². The molecule has 60 valence electrons. The molecule has 0 fully saturated rings. The topological polar surface area (TPSA) is 114 Å². The van der Waals surface area contributed by atoms with E-state index >= 15 is 0 Å². The van der Waals surface area contributed by atoms with E-state index in [-0.39, 0.29) is 5.82 Å². The molecule has 7 nitrogen and oxygen atoms in total. The number of aromatic nitrogens is 3. The van der Waals surface area contributed by atoms with Gasteiger partial charge in [-0.2, -0.15) is 4.09 Å². The fourth-order valence-electron chi connectivity index (χ4n) is 0.434. The number of amides is 1. The zero-order valence-electron chi connectivity index (χ0n) is 5.13. The van der Waals surface area contributed by atoms with Crippen LogP contribution in [0.1, 0.15) is 10.6 Å². The van der Waals surface area contributed by atoms with Crippen LogP contribution in [0.4, 0.5) is 0 Å². The molecule has 0 aliphatic carbocycles. The molecular weight excluding hydrogens is 172 g/mol. The Hall–Kier alpha value is -1.28. The first-order valence-corrected chi connectivity index (χ1v) is 3.45. The molecular formula is C3H3N4O3S-. The van der Waals surface area contributed by atoms with Crippen LogP contribution in [0.15, 0.2) is 6.33 Å². The Balaban J connectivity index is 2.99. The molecule has 1 atom stereocenters. The van der Waals surface area contributed by atoms with Gasteiger partial charge in [-0.25, -0.2) is 4.98 Å². The summed E-state index contributed by atoms with van der Waals surface area (Å²) in [5, 5.41) is 3.23. The van der Waals surface area contributed by atoms with Gasteiger partial charge in [-0.05, 0) is 0 Å². The van der Waals surface area contributed by atoms with Crippen molar-refractivity contribution in [3.8, 4) is 0 Å². The fraction of sp³-hybridized carbons (Fsp3) is 0. The lowest BCUT2D eigenvalue weighted by molar-refractivity contribution is 0.0991. The van der Waals surface area contributed by atoms with Gasteiger partial charge in [0.05, 0.1) is 11.3 Å². The highest BCUT2D eigenvalue weighted by Gasteiger charge is 2.05. The predicted octanol–water partition coefficient (Wildman–Crippen LogP) is -1.98. The van der Waals surface area contributed by atoms with Crippen LogP contribution < -0.4 is 5.73 Å². The van der Waals surface area contributed by atoms with Crippen molar-refractivity contribution < 1.29 is 13.6 Å². The van der Waals surface area contributed by atoms with E-state index in [2.05, 4.69) is 10.1 Å². The molecule has 2 N–H and O–H groups in total. The lowest BCUT2D eigenvalue weighted by Gasteiger charge is -1.99. The number of carbonyl (C=O) groups excluding carboxylic acids is 1. The van der Waals surface area contributed by atoms with Crippen LogP contribution in [0.25, 0.3) is 0 Å². The minimum absolute atomic E-state index is 0.325. The molecule has 0 spiro atoms. The molecule has 0 saturated carbocycles. The van der Waals surface area contributed by atoms with Gasteiger partial charge in [0, 0.05) is 0 Å². The highest BCUT2D eigenvalue weighted by atomic mass is 32.2. The maximum absolute atomic E-state index is 10.3. The van der Waals surface area contributed by atoms with Gasteiger partial charge in [-0.1, -0.05) is 0 Å². The second-order valence-corrected chi connectivity index (χ2v) is 2.36. The van der Waals surface area contributed by atoms with Gasteiger partial charge in [0.25, 0.3) is 5.91 Å². The van der Waals surface area contributed by atoms with E-state index in [1.165, 1.54) is 0 Å². The van der Waals surface area contributed by atoms with E-state index in [9.17, 15) is 13.6 Å². The first kappa shape index (κ1) is 7.82. The van der Waals surface area contributed by atoms with Gasteiger partial charge in [0.2, 0.25) is 5.82 Å². The lowest BCUT2D eigenvalue weighted by atomic mass is 10.6. The number of carbonyl (C=O) groups is 1. The Morgan fingerprint density at radius 2 is 2.45 bits per heavy atom. The van der Waals surface area contributed by atoms with Crippen LogP contribution in [0, 0.1) is 0 Å². The summed E-state index contributed by atoms with van der Waals surface area (Å²) < 4.78 is 20.8. The van der Waals surface area contributed by atoms with Gasteiger partial charge >= 0.3 is 0 Å². The van der Waals surface area contributed by atoms with Gasteiger partial charge in [0.1, 0.15) is 6.33 Å². The number of nitrogens with two attached hydrogens (primary N) is 1. The molecule has 1 amide bonds. The Bertz CT molecular complexity index is 279. The predicted molar refractivity (Wildman–Crippen MR) is 32.9 cm³/mol. The average molecular weight is 175 g/mol.